The minimum atomic E-state index is 0.623. The molecule has 3 nitrogen and oxygen atoms in total. The van der Waals surface area contributed by atoms with Crippen molar-refractivity contribution in [3.05, 3.63) is 52.1 Å². The summed E-state index contributed by atoms with van der Waals surface area (Å²) in [6, 6.07) is 15.6. The monoisotopic (exact) mass is 384 g/mol. The highest BCUT2D eigenvalue weighted by Crippen LogP contribution is 2.19. The van der Waals surface area contributed by atoms with Crippen LogP contribution in [0.3, 0.4) is 0 Å². The molecule has 20 heavy (non-hydrogen) atoms. The van der Waals surface area contributed by atoms with Gasteiger partial charge in [0, 0.05) is 16.1 Å². The second-order valence-corrected chi connectivity index (χ2v) is 5.43. The van der Waals surface area contributed by atoms with Crippen molar-refractivity contribution in [1.82, 2.24) is 0 Å². The molecule has 0 bridgehead atoms. The summed E-state index contributed by atoms with van der Waals surface area (Å²) in [6.45, 7) is 1.27. The molecule has 2 aromatic carbocycles. The van der Waals surface area contributed by atoms with E-state index in [0.29, 0.717) is 13.2 Å². The summed E-state index contributed by atoms with van der Waals surface area (Å²) in [4.78, 5) is 0. The summed E-state index contributed by atoms with van der Waals surface area (Å²) in [6.07, 6.45) is 0.837. The zero-order valence-corrected chi connectivity index (χ0v) is 13.5. The molecule has 2 rings (SSSR count). The third-order valence-electron chi connectivity index (χ3n) is 2.68. The van der Waals surface area contributed by atoms with E-state index in [1.807, 2.05) is 48.5 Å². The first-order valence-electron chi connectivity index (χ1n) is 6.43. The SMILES string of the molecule is COc1cccc(OCCCOc2ccc(I)cc2)c1. The predicted octanol–water partition coefficient (Wildman–Crippen LogP) is 4.15. The molecule has 106 valence electrons. The van der Waals surface area contributed by atoms with Crippen LogP contribution in [0, 0.1) is 3.57 Å². The van der Waals surface area contributed by atoms with Crippen molar-refractivity contribution in [2.75, 3.05) is 20.3 Å². The number of hydrogen-bond donors (Lipinski definition) is 0. The Kier molecular flexibility index (Phi) is 5.98. The van der Waals surface area contributed by atoms with Crippen LogP contribution in [0.4, 0.5) is 0 Å². The summed E-state index contributed by atoms with van der Waals surface area (Å²) in [5.41, 5.74) is 0. The van der Waals surface area contributed by atoms with Gasteiger partial charge in [-0.2, -0.15) is 0 Å². The number of hydrogen-bond acceptors (Lipinski definition) is 3. The van der Waals surface area contributed by atoms with E-state index >= 15 is 0 Å². The van der Waals surface area contributed by atoms with Gasteiger partial charge in [-0.25, -0.2) is 0 Å². The molecule has 0 spiro atoms. The topological polar surface area (TPSA) is 27.7 Å². The van der Waals surface area contributed by atoms with Crippen LogP contribution in [0.2, 0.25) is 0 Å². The third-order valence-corrected chi connectivity index (χ3v) is 3.40. The first kappa shape index (κ1) is 15.0. The van der Waals surface area contributed by atoms with Crippen molar-refractivity contribution in [2.45, 2.75) is 6.42 Å². The van der Waals surface area contributed by atoms with Crippen LogP contribution in [0.1, 0.15) is 6.42 Å². The zero-order chi connectivity index (χ0) is 14.2. The van der Waals surface area contributed by atoms with Crippen molar-refractivity contribution >= 4 is 22.6 Å². The van der Waals surface area contributed by atoms with Gasteiger partial charge < -0.3 is 14.2 Å². The van der Waals surface area contributed by atoms with Crippen molar-refractivity contribution in [3.63, 3.8) is 0 Å². The van der Waals surface area contributed by atoms with Crippen molar-refractivity contribution in [2.24, 2.45) is 0 Å². The van der Waals surface area contributed by atoms with Gasteiger partial charge in [0.2, 0.25) is 0 Å². The molecule has 0 aliphatic heterocycles. The number of halogens is 1. The molecule has 0 radical (unpaired) electrons. The van der Waals surface area contributed by atoms with Crippen LogP contribution in [-0.2, 0) is 0 Å². The summed E-state index contributed by atoms with van der Waals surface area (Å²) in [7, 11) is 1.65. The van der Waals surface area contributed by atoms with Gasteiger partial charge in [-0.3, -0.25) is 0 Å². The summed E-state index contributed by atoms with van der Waals surface area (Å²) in [5, 5.41) is 0. The lowest BCUT2D eigenvalue weighted by atomic mass is 10.3. The van der Waals surface area contributed by atoms with Crippen LogP contribution >= 0.6 is 22.6 Å². The fourth-order valence-electron chi connectivity index (χ4n) is 1.66. The third kappa shape index (κ3) is 4.92. The summed E-state index contributed by atoms with van der Waals surface area (Å²) >= 11 is 2.27. The van der Waals surface area contributed by atoms with Gasteiger partial charge in [-0.05, 0) is 59.0 Å². The normalized spacial score (nSPS) is 10.1. The molecular weight excluding hydrogens is 367 g/mol. The predicted molar refractivity (Wildman–Crippen MR) is 87.8 cm³/mol. The Labute approximate surface area is 133 Å². The van der Waals surface area contributed by atoms with Crippen LogP contribution in [0.25, 0.3) is 0 Å². The first-order valence-corrected chi connectivity index (χ1v) is 7.51. The minimum absolute atomic E-state index is 0.623. The minimum Gasteiger partial charge on any atom is -0.497 e. The average molecular weight is 384 g/mol. The van der Waals surface area contributed by atoms with E-state index in [9.17, 15) is 0 Å². The first-order chi connectivity index (χ1) is 9.78. The molecule has 0 aromatic heterocycles. The smallest absolute Gasteiger partial charge is 0.122 e. The second kappa shape index (κ2) is 7.99. The molecule has 0 unspecified atom stereocenters. The Morgan fingerprint density at radius 3 is 2.20 bits per heavy atom. The molecule has 0 aliphatic rings. The van der Waals surface area contributed by atoms with Gasteiger partial charge in [0.1, 0.15) is 17.2 Å². The van der Waals surface area contributed by atoms with Gasteiger partial charge in [-0.1, -0.05) is 6.07 Å². The Balaban J connectivity index is 1.67. The molecule has 0 amide bonds. The van der Waals surface area contributed by atoms with Crippen LogP contribution in [-0.4, -0.2) is 20.3 Å². The molecule has 0 saturated heterocycles. The van der Waals surface area contributed by atoms with Gasteiger partial charge in [-0.15, -0.1) is 0 Å². The van der Waals surface area contributed by atoms with E-state index in [1.165, 1.54) is 3.57 Å². The van der Waals surface area contributed by atoms with E-state index in [-0.39, 0.29) is 0 Å². The van der Waals surface area contributed by atoms with E-state index < -0.39 is 0 Å². The van der Waals surface area contributed by atoms with Crippen LogP contribution in [0.15, 0.2) is 48.5 Å². The zero-order valence-electron chi connectivity index (χ0n) is 11.3. The maximum absolute atomic E-state index is 5.64. The molecule has 4 heteroatoms. The van der Waals surface area contributed by atoms with Crippen LogP contribution in [0.5, 0.6) is 17.2 Å². The van der Waals surface area contributed by atoms with E-state index in [1.54, 1.807) is 7.11 Å². The molecule has 0 fully saturated rings. The molecule has 0 heterocycles. The number of methoxy groups -OCH3 is 1. The largest absolute Gasteiger partial charge is 0.497 e. The van der Waals surface area contributed by atoms with Gasteiger partial charge in [0.05, 0.1) is 20.3 Å². The lowest BCUT2D eigenvalue weighted by Crippen LogP contribution is -2.05. The number of benzene rings is 2. The van der Waals surface area contributed by atoms with Crippen molar-refractivity contribution < 1.29 is 14.2 Å². The fourth-order valence-corrected chi connectivity index (χ4v) is 2.02. The number of ether oxygens (including phenoxy) is 3. The highest BCUT2D eigenvalue weighted by Gasteiger charge is 1.97. The van der Waals surface area contributed by atoms with Crippen molar-refractivity contribution in [3.8, 4) is 17.2 Å². The summed E-state index contributed by atoms with van der Waals surface area (Å²) < 4.78 is 17.6. The molecule has 0 saturated carbocycles. The van der Waals surface area contributed by atoms with Gasteiger partial charge in [0.15, 0.2) is 0 Å². The lowest BCUT2D eigenvalue weighted by Gasteiger charge is -2.09. The molecule has 0 N–H and O–H groups in total. The van der Waals surface area contributed by atoms with E-state index in [0.717, 1.165) is 23.7 Å². The average Bonchev–Trinajstić information content (AvgIpc) is 2.49. The highest BCUT2D eigenvalue weighted by molar-refractivity contribution is 14.1. The Morgan fingerprint density at radius 2 is 1.50 bits per heavy atom. The Bertz CT molecular complexity index is 526. The second-order valence-electron chi connectivity index (χ2n) is 4.18. The Morgan fingerprint density at radius 1 is 0.850 bits per heavy atom. The van der Waals surface area contributed by atoms with Crippen molar-refractivity contribution in [1.29, 1.82) is 0 Å². The fraction of sp³-hybridized carbons (Fsp3) is 0.250. The molecule has 2 aromatic rings. The van der Waals surface area contributed by atoms with E-state index in [4.69, 9.17) is 14.2 Å². The quantitative estimate of drug-likeness (QED) is 0.530. The van der Waals surface area contributed by atoms with Gasteiger partial charge in [0.25, 0.3) is 0 Å². The van der Waals surface area contributed by atoms with Gasteiger partial charge >= 0.3 is 0 Å². The maximum atomic E-state index is 5.64. The van der Waals surface area contributed by atoms with Crippen LogP contribution < -0.4 is 14.2 Å². The summed E-state index contributed by atoms with van der Waals surface area (Å²) in [5.74, 6) is 2.52. The molecular formula is C16H17IO3. The highest BCUT2D eigenvalue weighted by atomic mass is 127. The lowest BCUT2D eigenvalue weighted by molar-refractivity contribution is 0.247. The van der Waals surface area contributed by atoms with E-state index in [2.05, 4.69) is 22.6 Å². The molecule has 0 aliphatic carbocycles. The number of rotatable bonds is 7. The molecule has 0 atom stereocenters. The standard InChI is InChI=1S/C16H17IO3/c1-18-15-4-2-5-16(12-15)20-11-3-10-19-14-8-6-13(17)7-9-14/h2,4-9,12H,3,10-11H2,1H3. The maximum Gasteiger partial charge on any atom is 0.122 e. The Hall–Kier alpha value is -1.43.